The summed E-state index contributed by atoms with van der Waals surface area (Å²) in [6, 6.07) is 12.3. The monoisotopic (exact) mass is 479 g/mol. The predicted molar refractivity (Wildman–Crippen MR) is 125 cm³/mol. The van der Waals surface area contributed by atoms with E-state index in [2.05, 4.69) is 0 Å². The van der Waals surface area contributed by atoms with Crippen molar-refractivity contribution in [3.05, 3.63) is 96.1 Å². The highest BCUT2D eigenvalue weighted by molar-refractivity contribution is 8.18. The van der Waals surface area contributed by atoms with Crippen LogP contribution in [0.3, 0.4) is 0 Å². The lowest BCUT2D eigenvalue weighted by molar-refractivity contribution is -0.385. The molecule has 1 saturated heterocycles. The van der Waals surface area contributed by atoms with E-state index in [-0.39, 0.29) is 34.1 Å². The van der Waals surface area contributed by atoms with Crippen molar-refractivity contribution in [2.45, 2.75) is 20.4 Å². The van der Waals surface area contributed by atoms with E-state index in [0.29, 0.717) is 28.6 Å². The second-order valence-electron chi connectivity index (χ2n) is 7.55. The fraction of sp³-hybridized carbons (Fsp3) is 0.130. The summed E-state index contributed by atoms with van der Waals surface area (Å²) in [5.41, 5.74) is 1.85. The first-order valence-electron chi connectivity index (χ1n) is 9.99. The Morgan fingerprint density at radius 2 is 1.71 bits per heavy atom. The number of amides is 2. The highest BCUT2D eigenvalue weighted by atomic mass is 32.2. The number of hydrogen-bond acceptors (Lipinski definition) is 8. The largest absolute Gasteiger partial charge is 0.457 e. The number of thioether (sulfide) groups is 1. The number of rotatable bonds is 6. The van der Waals surface area contributed by atoms with Crippen LogP contribution < -0.4 is 0 Å². The van der Waals surface area contributed by atoms with Gasteiger partial charge in [0, 0.05) is 34.9 Å². The van der Waals surface area contributed by atoms with Crippen molar-refractivity contribution in [2.75, 3.05) is 0 Å². The quantitative estimate of drug-likeness (QED) is 0.252. The van der Waals surface area contributed by atoms with Crippen molar-refractivity contribution in [2.24, 2.45) is 0 Å². The van der Waals surface area contributed by atoms with Crippen molar-refractivity contribution < 1.29 is 23.9 Å². The van der Waals surface area contributed by atoms with Gasteiger partial charge in [-0.1, -0.05) is 18.2 Å². The molecule has 0 atom stereocenters. The van der Waals surface area contributed by atoms with Crippen LogP contribution in [-0.4, -0.2) is 25.9 Å². The number of benzene rings is 2. The number of aryl methyl sites for hydroxylation is 1. The molecule has 0 spiro atoms. The van der Waals surface area contributed by atoms with Crippen LogP contribution in [0, 0.1) is 34.1 Å². The van der Waals surface area contributed by atoms with Gasteiger partial charge in [0.2, 0.25) is 0 Å². The van der Waals surface area contributed by atoms with Gasteiger partial charge in [0.15, 0.2) is 0 Å². The van der Waals surface area contributed by atoms with E-state index in [9.17, 15) is 29.8 Å². The summed E-state index contributed by atoms with van der Waals surface area (Å²) in [5.74, 6) is 0.0663. The molecule has 2 aromatic carbocycles. The van der Waals surface area contributed by atoms with E-state index in [1.54, 1.807) is 38.1 Å². The molecule has 1 aromatic heterocycles. The number of imide groups is 1. The Kier molecular flexibility index (Phi) is 6.03. The lowest BCUT2D eigenvalue weighted by Gasteiger charge is -2.12. The van der Waals surface area contributed by atoms with E-state index < -0.39 is 21.0 Å². The van der Waals surface area contributed by atoms with Gasteiger partial charge in [-0.05, 0) is 49.4 Å². The van der Waals surface area contributed by atoms with Crippen molar-refractivity contribution in [3.8, 4) is 11.3 Å². The minimum atomic E-state index is -0.590. The van der Waals surface area contributed by atoms with Crippen LogP contribution >= 0.6 is 11.8 Å². The maximum absolute atomic E-state index is 12.8. The predicted octanol–water partition coefficient (Wildman–Crippen LogP) is 5.62. The number of carbonyl (C=O) groups excluding carboxylic acids is 2. The molecule has 34 heavy (non-hydrogen) atoms. The van der Waals surface area contributed by atoms with Crippen molar-refractivity contribution >= 4 is 40.4 Å². The number of nitrogens with zero attached hydrogens (tertiary/aromatic N) is 3. The van der Waals surface area contributed by atoms with Gasteiger partial charge in [0.25, 0.3) is 22.5 Å². The molecule has 1 aliphatic heterocycles. The van der Waals surface area contributed by atoms with Crippen LogP contribution in [-0.2, 0) is 11.3 Å². The summed E-state index contributed by atoms with van der Waals surface area (Å²) >= 11 is 0.705. The Labute approximate surface area is 197 Å². The molecule has 4 rings (SSSR count). The first-order chi connectivity index (χ1) is 16.2. The van der Waals surface area contributed by atoms with Gasteiger partial charge >= 0.3 is 0 Å². The molecule has 0 unspecified atom stereocenters. The smallest absolute Gasteiger partial charge is 0.293 e. The molecule has 3 aromatic rings. The molecule has 0 saturated carbocycles. The number of carbonyl (C=O) groups is 2. The first kappa shape index (κ1) is 22.9. The molecular formula is C23H17N3O7S. The third kappa shape index (κ3) is 4.33. The lowest BCUT2D eigenvalue weighted by Crippen LogP contribution is -2.27. The van der Waals surface area contributed by atoms with E-state index >= 15 is 0 Å². The van der Waals surface area contributed by atoms with Crippen LogP contribution in [0.1, 0.15) is 22.5 Å². The molecule has 2 amide bonds. The highest BCUT2D eigenvalue weighted by Gasteiger charge is 2.36. The van der Waals surface area contributed by atoms with Crippen LogP contribution in [0.15, 0.2) is 57.9 Å². The molecule has 0 N–H and O–H groups in total. The first-order valence-corrected chi connectivity index (χ1v) is 10.8. The van der Waals surface area contributed by atoms with Gasteiger partial charge in [-0.2, -0.15) is 0 Å². The second-order valence-corrected chi connectivity index (χ2v) is 8.54. The molecule has 2 heterocycles. The molecule has 1 fully saturated rings. The molecule has 10 nitrogen and oxygen atoms in total. The number of para-hydroxylation sites is 1. The summed E-state index contributed by atoms with van der Waals surface area (Å²) in [7, 11) is 0. The van der Waals surface area contributed by atoms with Crippen LogP contribution in [0.25, 0.3) is 17.4 Å². The maximum Gasteiger partial charge on any atom is 0.293 e. The molecular weight excluding hydrogens is 462 g/mol. The number of furan rings is 1. The Balaban J connectivity index is 1.59. The van der Waals surface area contributed by atoms with Gasteiger partial charge in [-0.15, -0.1) is 0 Å². The lowest BCUT2D eigenvalue weighted by atomic mass is 10.0. The molecule has 0 bridgehead atoms. The van der Waals surface area contributed by atoms with E-state index in [1.165, 1.54) is 30.3 Å². The molecule has 11 heteroatoms. The zero-order valence-corrected chi connectivity index (χ0v) is 18.8. The van der Waals surface area contributed by atoms with Gasteiger partial charge in [-0.3, -0.25) is 34.7 Å². The average Bonchev–Trinajstić information content (AvgIpc) is 3.36. The maximum atomic E-state index is 12.8. The Morgan fingerprint density at radius 1 is 1.00 bits per heavy atom. The molecule has 0 radical (unpaired) electrons. The van der Waals surface area contributed by atoms with Crippen LogP contribution in [0.5, 0.6) is 0 Å². The Bertz CT molecular complexity index is 1390. The molecule has 0 aliphatic carbocycles. The van der Waals surface area contributed by atoms with Crippen molar-refractivity contribution in [1.82, 2.24) is 4.90 Å². The van der Waals surface area contributed by atoms with E-state index in [1.807, 2.05) is 0 Å². The standard InChI is InChI=1S/C23H17N3O7S/c1-13-9-16(10-19(14(13)2)26(31)32)20-8-7-17(33-20)11-21-22(27)24(23(28)34-21)12-15-5-3-4-6-18(15)25(29)30/h3-11H,12H2,1-2H3/b21-11+. The fourth-order valence-corrected chi connectivity index (χ4v) is 4.34. The van der Waals surface area contributed by atoms with Gasteiger partial charge < -0.3 is 4.42 Å². The summed E-state index contributed by atoms with van der Waals surface area (Å²) in [5, 5.41) is 22.0. The van der Waals surface area contributed by atoms with Gasteiger partial charge in [0.1, 0.15) is 11.5 Å². The number of nitro benzene ring substituents is 2. The van der Waals surface area contributed by atoms with E-state index in [0.717, 1.165) is 10.5 Å². The number of hydrogen-bond donors (Lipinski definition) is 0. The third-order valence-electron chi connectivity index (χ3n) is 5.41. The summed E-state index contributed by atoms with van der Waals surface area (Å²) in [6.45, 7) is 3.21. The minimum Gasteiger partial charge on any atom is -0.457 e. The normalized spacial score (nSPS) is 14.8. The van der Waals surface area contributed by atoms with E-state index in [4.69, 9.17) is 4.42 Å². The SMILES string of the molecule is Cc1cc(-c2ccc(/C=C3/SC(=O)N(Cc4ccccc4[N+](=O)[O-])C3=O)o2)cc([N+](=O)[O-])c1C. The number of nitro groups is 2. The van der Waals surface area contributed by atoms with Crippen molar-refractivity contribution in [1.29, 1.82) is 0 Å². The highest BCUT2D eigenvalue weighted by Crippen LogP contribution is 2.36. The Hall–Kier alpha value is -4.25. The van der Waals surface area contributed by atoms with Gasteiger partial charge in [0.05, 0.1) is 21.3 Å². The molecule has 172 valence electrons. The zero-order valence-electron chi connectivity index (χ0n) is 18.0. The summed E-state index contributed by atoms with van der Waals surface area (Å²) in [6.07, 6.45) is 1.41. The Morgan fingerprint density at radius 3 is 2.41 bits per heavy atom. The second kappa shape index (κ2) is 8.94. The van der Waals surface area contributed by atoms with Gasteiger partial charge in [-0.25, -0.2) is 0 Å². The summed E-state index contributed by atoms with van der Waals surface area (Å²) in [4.78, 5) is 47.8. The van der Waals surface area contributed by atoms with Crippen molar-refractivity contribution in [3.63, 3.8) is 0 Å². The fourth-order valence-electron chi connectivity index (χ4n) is 3.52. The third-order valence-corrected chi connectivity index (χ3v) is 6.32. The molecule has 1 aliphatic rings. The van der Waals surface area contributed by atoms with Crippen LogP contribution in [0.2, 0.25) is 0 Å². The topological polar surface area (TPSA) is 137 Å². The summed E-state index contributed by atoms with van der Waals surface area (Å²) < 4.78 is 5.77. The zero-order chi connectivity index (χ0) is 24.6. The minimum absolute atomic E-state index is 0.0240. The average molecular weight is 479 g/mol. The van der Waals surface area contributed by atoms with Crippen LogP contribution in [0.4, 0.5) is 16.2 Å².